The summed E-state index contributed by atoms with van der Waals surface area (Å²) in [5.41, 5.74) is 5.20. The zero-order valence-electron chi connectivity index (χ0n) is 18.4. The molecule has 0 aliphatic heterocycles. The van der Waals surface area contributed by atoms with Crippen LogP contribution >= 0.6 is 38.5 Å². The van der Waals surface area contributed by atoms with Gasteiger partial charge in [0.15, 0.2) is 11.6 Å². The van der Waals surface area contributed by atoms with Gasteiger partial charge >= 0.3 is 0 Å². The standard InChI is InChI=1S/C18H13BrIN7O2.C3H7NO/c1-28-14-7-2-10(8-13(14)19)9-21-25-16-15(22-12-5-3-11(20)4-6-12)23-17-18(24-16)27-29-26-17;1-4(2)3-5/h2-9H,1H3,(H,22,23,26)(H,24,25,27);3H,1-2H3/b21-9+;. The number of hydrogen-bond acceptors (Lipinski definition) is 10. The molecule has 2 heterocycles. The summed E-state index contributed by atoms with van der Waals surface area (Å²) in [6.45, 7) is 0. The van der Waals surface area contributed by atoms with Crippen LogP contribution in [0, 0.1) is 3.57 Å². The quantitative estimate of drug-likeness (QED) is 0.132. The van der Waals surface area contributed by atoms with Crippen LogP contribution in [0.25, 0.3) is 11.3 Å². The Labute approximate surface area is 217 Å². The lowest BCUT2D eigenvalue weighted by Gasteiger charge is -2.09. The lowest BCUT2D eigenvalue weighted by atomic mass is 10.2. The Morgan fingerprint density at radius 3 is 2.32 bits per heavy atom. The van der Waals surface area contributed by atoms with Crippen molar-refractivity contribution in [1.29, 1.82) is 0 Å². The van der Waals surface area contributed by atoms with E-state index in [1.54, 1.807) is 27.4 Å². The lowest BCUT2D eigenvalue weighted by molar-refractivity contribution is -0.115. The third-order valence-corrected chi connectivity index (χ3v) is 5.33. The number of nitrogens with one attached hydrogen (secondary N) is 2. The molecule has 0 radical (unpaired) electrons. The maximum absolute atomic E-state index is 9.43. The van der Waals surface area contributed by atoms with Gasteiger partial charge in [-0.05, 0) is 96.9 Å². The summed E-state index contributed by atoms with van der Waals surface area (Å²) in [5.74, 6) is 1.58. The number of amides is 1. The first-order valence-corrected chi connectivity index (χ1v) is 11.5. The number of nitrogens with zero attached hydrogens (tertiary/aromatic N) is 6. The number of carbonyl (C=O) groups excluding carboxylic acids is 1. The van der Waals surface area contributed by atoms with E-state index in [4.69, 9.17) is 9.37 Å². The fourth-order valence-electron chi connectivity index (χ4n) is 2.40. The van der Waals surface area contributed by atoms with Gasteiger partial charge in [0.25, 0.3) is 0 Å². The number of aromatic nitrogens is 4. The monoisotopic (exact) mass is 638 g/mol. The van der Waals surface area contributed by atoms with Crippen LogP contribution in [0.2, 0.25) is 0 Å². The molecule has 0 saturated heterocycles. The minimum Gasteiger partial charge on any atom is -0.496 e. The van der Waals surface area contributed by atoms with Crippen LogP contribution in [-0.2, 0) is 4.79 Å². The highest BCUT2D eigenvalue weighted by Gasteiger charge is 2.12. The Hall–Kier alpha value is -3.33. The van der Waals surface area contributed by atoms with Crippen molar-refractivity contribution in [2.75, 3.05) is 31.9 Å². The maximum atomic E-state index is 9.43. The van der Waals surface area contributed by atoms with Crippen LogP contribution in [0.4, 0.5) is 17.3 Å². The third-order valence-electron chi connectivity index (χ3n) is 3.99. The van der Waals surface area contributed by atoms with Crippen molar-refractivity contribution >= 4 is 79.8 Å². The number of ether oxygens (including phenoxy) is 1. The van der Waals surface area contributed by atoms with E-state index in [0.717, 1.165) is 31.5 Å². The topological polar surface area (TPSA) is 131 Å². The van der Waals surface area contributed by atoms with Crippen molar-refractivity contribution in [1.82, 2.24) is 25.2 Å². The van der Waals surface area contributed by atoms with Crippen molar-refractivity contribution < 1.29 is 14.2 Å². The number of rotatable bonds is 7. The molecule has 176 valence electrons. The van der Waals surface area contributed by atoms with E-state index in [-0.39, 0.29) is 5.65 Å². The first-order chi connectivity index (χ1) is 16.4. The normalized spacial score (nSPS) is 10.5. The Balaban J connectivity index is 0.000000588. The maximum Gasteiger partial charge on any atom is 0.245 e. The molecule has 4 aromatic rings. The van der Waals surface area contributed by atoms with E-state index in [0.29, 0.717) is 17.3 Å². The third kappa shape index (κ3) is 7.08. The van der Waals surface area contributed by atoms with Gasteiger partial charge in [0.05, 0.1) is 17.8 Å². The van der Waals surface area contributed by atoms with Gasteiger partial charge in [0, 0.05) is 23.4 Å². The SMILES string of the molecule is CN(C)C=O.COc1ccc(/C=N/Nc2nc3nonc3nc2Nc2ccc(I)cc2)cc1Br. The smallest absolute Gasteiger partial charge is 0.245 e. The van der Waals surface area contributed by atoms with Crippen molar-refractivity contribution in [3.63, 3.8) is 0 Å². The molecule has 0 atom stereocenters. The molecule has 2 aromatic heterocycles. The van der Waals surface area contributed by atoms with Gasteiger partial charge in [-0.15, -0.1) is 0 Å². The molecule has 0 bridgehead atoms. The molecule has 34 heavy (non-hydrogen) atoms. The first-order valence-electron chi connectivity index (χ1n) is 9.67. The van der Waals surface area contributed by atoms with Gasteiger partial charge < -0.3 is 15.0 Å². The summed E-state index contributed by atoms with van der Waals surface area (Å²) in [6.07, 6.45) is 2.41. The second-order valence-electron chi connectivity index (χ2n) is 6.80. The van der Waals surface area contributed by atoms with E-state index in [2.05, 4.69) is 74.6 Å². The molecule has 0 spiro atoms. The van der Waals surface area contributed by atoms with Crippen molar-refractivity contribution in [2.24, 2.45) is 5.10 Å². The average Bonchev–Trinajstić information content (AvgIpc) is 3.28. The molecule has 2 aromatic carbocycles. The number of benzene rings is 2. The first kappa shape index (κ1) is 25.3. The number of carbonyl (C=O) groups is 1. The highest BCUT2D eigenvalue weighted by atomic mass is 127. The second kappa shape index (κ2) is 12.2. The van der Waals surface area contributed by atoms with E-state index >= 15 is 0 Å². The molecular formula is C21H20BrIN8O3. The zero-order chi connectivity index (χ0) is 24.5. The predicted octanol–water partition coefficient (Wildman–Crippen LogP) is 4.28. The number of hydrazone groups is 1. The van der Waals surface area contributed by atoms with Crippen LogP contribution in [0.1, 0.15) is 5.56 Å². The molecule has 2 N–H and O–H groups in total. The summed E-state index contributed by atoms with van der Waals surface area (Å²) < 4.78 is 11.9. The zero-order valence-corrected chi connectivity index (χ0v) is 22.1. The van der Waals surface area contributed by atoms with Crippen LogP contribution in [0.5, 0.6) is 5.75 Å². The van der Waals surface area contributed by atoms with Crippen LogP contribution < -0.4 is 15.5 Å². The van der Waals surface area contributed by atoms with Crippen molar-refractivity contribution in [3.8, 4) is 5.75 Å². The number of methoxy groups -OCH3 is 1. The number of anilines is 3. The molecule has 1 amide bonds. The number of hydrogen-bond donors (Lipinski definition) is 2. The largest absolute Gasteiger partial charge is 0.496 e. The molecule has 0 unspecified atom stereocenters. The summed E-state index contributed by atoms with van der Waals surface area (Å²) in [5, 5.41) is 14.9. The fraction of sp³-hybridized carbons (Fsp3) is 0.143. The molecule has 11 nitrogen and oxygen atoms in total. The molecule has 0 aliphatic carbocycles. The fourth-order valence-corrected chi connectivity index (χ4v) is 3.32. The summed E-state index contributed by atoms with van der Waals surface area (Å²) in [7, 11) is 4.99. The van der Waals surface area contributed by atoms with Crippen molar-refractivity contribution in [2.45, 2.75) is 0 Å². The Kier molecular flexibility index (Phi) is 9.09. The summed E-state index contributed by atoms with van der Waals surface area (Å²) in [6, 6.07) is 13.5. The van der Waals surface area contributed by atoms with Gasteiger partial charge in [0.2, 0.25) is 17.7 Å². The van der Waals surface area contributed by atoms with Crippen molar-refractivity contribution in [3.05, 3.63) is 56.1 Å². The average molecular weight is 639 g/mol. The minimum atomic E-state index is 0.281. The lowest BCUT2D eigenvalue weighted by Crippen LogP contribution is -2.06. The predicted molar refractivity (Wildman–Crippen MR) is 141 cm³/mol. The Morgan fingerprint density at radius 1 is 1.09 bits per heavy atom. The molecule has 0 saturated carbocycles. The van der Waals surface area contributed by atoms with Crippen LogP contribution in [0.3, 0.4) is 0 Å². The van der Waals surface area contributed by atoms with E-state index in [1.165, 1.54) is 4.90 Å². The highest BCUT2D eigenvalue weighted by molar-refractivity contribution is 14.1. The van der Waals surface area contributed by atoms with E-state index in [1.807, 2.05) is 42.5 Å². The van der Waals surface area contributed by atoms with Gasteiger partial charge in [-0.25, -0.2) is 9.61 Å². The molecule has 4 rings (SSSR count). The van der Waals surface area contributed by atoms with Gasteiger partial charge in [-0.3, -0.25) is 10.2 Å². The number of halogens is 2. The van der Waals surface area contributed by atoms with Crippen LogP contribution in [0.15, 0.2) is 56.7 Å². The van der Waals surface area contributed by atoms with E-state index < -0.39 is 0 Å². The molecule has 0 aliphatic rings. The molecular weight excluding hydrogens is 619 g/mol. The molecule has 13 heteroatoms. The Morgan fingerprint density at radius 2 is 1.74 bits per heavy atom. The van der Waals surface area contributed by atoms with Gasteiger partial charge in [0.1, 0.15) is 5.75 Å². The molecule has 0 fully saturated rings. The van der Waals surface area contributed by atoms with E-state index in [9.17, 15) is 4.79 Å². The van der Waals surface area contributed by atoms with Gasteiger partial charge in [-0.2, -0.15) is 10.1 Å². The highest BCUT2D eigenvalue weighted by Crippen LogP contribution is 2.26. The second-order valence-corrected chi connectivity index (χ2v) is 8.90. The number of fused-ring (bicyclic) bond motifs is 1. The summed E-state index contributed by atoms with van der Waals surface area (Å²) >= 11 is 5.70. The summed E-state index contributed by atoms with van der Waals surface area (Å²) in [4.78, 5) is 19.7. The Bertz CT molecular complexity index is 1280. The van der Waals surface area contributed by atoms with Crippen LogP contribution in [-0.4, -0.2) is 59.0 Å². The minimum absolute atomic E-state index is 0.281. The van der Waals surface area contributed by atoms with Gasteiger partial charge in [-0.1, -0.05) is 0 Å².